The van der Waals surface area contributed by atoms with Gasteiger partial charge in [-0.2, -0.15) is 0 Å². The highest BCUT2D eigenvalue weighted by atomic mass is 32.2. The van der Waals surface area contributed by atoms with Crippen LogP contribution in [0.1, 0.15) is 12.8 Å². The third kappa shape index (κ3) is 3.23. The van der Waals surface area contributed by atoms with Crippen LogP contribution in [-0.4, -0.2) is 51.4 Å². The van der Waals surface area contributed by atoms with Crippen LogP contribution in [0.3, 0.4) is 0 Å². The van der Waals surface area contributed by atoms with E-state index >= 15 is 0 Å². The molecule has 30 heavy (non-hydrogen) atoms. The number of nitrogens with zero attached hydrogens (tertiary/aromatic N) is 4. The Morgan fingerprint density at radius 1 is 1.07 bits per heavy atom. The number of aromatic nitrogens is 2. The number of benzene rings is 2. The molecule has 0 saturated carbocycles. The van der Waals surface area contributed by atoms with Crippen molar-refractivity contribution >= 4 is 32.7 Å². The van der Waals surface area contributed by atoms with Gasteiger partial charge in [0.05, 0.1) is 29.1 Å². The van der Waals surface area contributed by atoms with E-state index in [-0.39, 0.29) is 17.7 Å². The summed E-state index contributed by atoms with van der Waals surface area (Å²) in [6.45, 7) is 1.47. The summed E-state index contributed by atoms with van der Waals surface area (Å²) in [5.74, 6) is 1.52. The quantitative estimate of drug-likeness (QED) is 0.620. The van der Waals surface area contributed by atoms with Gasteiger partial charge in [0.2, 0.25) is 0 Å². The first-order chi connectivity index (χ1) is 14.6. The van der Waals surface area contributed by atoms with Gasteiger partial charge < -0.3 is 14.4 Å². The van der Waals surface area contributed by atoms with Gasteiger partial charge in [-0.1, -0.05) is 12.1 Å². The van der Waals surface area contributed by atoms with Crippen molar-refractivity contribution < 1.29 is 17.9 Å². The lowest BCUT2D eigenvalue weighted by Gasteiger charge is -2.23. The Kier molecular flexibility index (Phi) is 4.71. The second kappa shape index (κ2) is 7.41. The molecular weight excluding hydrogens is 404 g/mol. The van der Waals surface area contributed by atoms with E-state index in [1.165, 1.54) is 4.31 Å². The fourth-order valence-corrected chi connectivity index (χ4v) is 5.27. The maximum Gasteiger partial charge on any atom is 0.267 e. The molecule has 1 fully saturated rings. The largest absolute Gasteiger partial charge is 0.497 e. The van der Waals surface area contributed by atoms with Crippen molar-refractivity contribution in [2.24, 2.45) is 0 Å². The molecule has 0 bridgehead atoms. The number of para-hydroxylation sites is 2. The summed E-state index contributed by atoms with van der Waals surface area (Å²) < 4.78 is 39.2. The summed E-state index contributed by atoms with van der Waals surface area (Å²) in [5, 5.41) is 0. The Labute approximate surface area is 175 Å². The van der Waals surface area contributed by atoms with E-state index in [2.05, 4.69) is 4.98 Å². The number of rotatable bonds is 5. The topological polar surface area (TPSA) is 84.9 Å². The number of hydrogen-bond donors (Lipinski definition) is 0. The summed E-state index contributed by atoms with van der Waals surface area (Å²) in [6, 6.07) is 13.9. The second-order valence-corrected chi connectivity index (χ2v) is 9.25. The fourth-order valence-electron chi connectivity index (χ4n) is 3.89. The molecule has 5 rings (SSSR count). The van der Waals surface area contributed by atoms with Crippen LogP contribution in [0.5, 0.6) is 5.75 Å². The van der Waals surface area contributed by atoms with E-state index in [0.29, 0.717) is 29.4 Å². The van der Waals surface area contributed by atoms with Gasteiger partial charge in [0.25, 0.3) is 10.0 Å². The van der Waals surface area contributed by atoms with Crippen LogP contribution in [0.2, 0.25) is 0 Å². The Bertz CT molecular complexity index is 1180. The van der Waals surface area contributed by atoms with E-state index in [0.717, 1.165) is 25.0 Å². The van der Waals surface area contributed by atoms with Crippen LogP contribution < -0.4 is 13.9 Å². The molecule has 0 N–H and O–H groups in total. The molecule has 2 aliphatic rings. The Balaban J connectivity index is 1.57. The van der Waals surface area contributed by atoms with Crippen LogP contribution in [-0.2, 0) is 14.8 Å². The van der Waals surface area contributed by atoms with Gasteiger partial charge in [-0.05, 0) is 49.2 Å². The summed E-state index contributed by atoms with van der Waals surface area (Å²) in [7, 11) is -2.27. The Morgan fingerprint density at radius 3 is 2.40 bits per heavy atom. The molecule has 8 nitrogen and oxygen atoms in total. The molecule has 1 saturated heterocycles. The van der Waals surface area contributed by atoms with Crippen LogP contribution in [0, 0.1) is 0 Å². The maximum atomic E-state index is 13.5. The zero-order valence-corrected chi connectivity index (χ0v) is 17.4. The zero-order chi connectivity index (χ0) is 20.7. The Morgan fingerprint density at radius 2 is 1.77 bits per heavy atom. The number of methoxy groups -OCH3 is 1. The SMILES string of the molecule is COc1ccc(S(=O)(=O)N2CN(CC3CCCO3)c3nc4ccccc4nc32)cc1. The highest BCUT2D eigenvalue weighted by Crippen LogP contribution is 2.38. The number of sulfonamides is 1. The van der Waals surface area contributed by atoms with Crippen molar-refractivity contribution in [2.45, 2.75) is 23.8 Å². The van der Waals surface area contributed by atoms with E-state index in [9.17, 15) is 8.42 Å². The molecule has 1 atom stereocenters. The molecule has 1 unspecified atom stereocenters. The number of fused-ring (bicyclic) bond motifs is 2. The predicted octanol–water partition coefficient (Wildman–Crippen LogP) is 2.79. The molecule has 2 aromatic carbocycles. The lowest BCUT2D eigenvalue weighted by atomic mass is 10.2. The number of hydrogen-bond acceptors (Lipinski definition) is 7. The molecule has 1 aromatic heterocycles. The van der Waals surface area contributed by atoms with Gasteiger partial charge in [0, 0.05) is 13.2 Å². The van der Waals surface area contributed by atoms with Crippen molar-refractivity contribution in [3.63, 3.8) is 0 Å². The van der Waals surface area contributed by atoms with Crippen molar-refractivity contribution in [1.82, 2.24) is 9.97 Å². The smallest absolute Gasteiger partial charge is 0.267 e. The third-order valence-electron chi connectivity index (χ3n) is 5.46. The first-order valence-electron chi connectivity index (χ1n) is 9.86. The molecule has 0 aliphatic carbocycles. The Hall–Kier alpha value is -2.91. The minimum absolute atomic E-state index is 0.0646. The fraction of sp³-hybridized carbons (Fsp3) is 0.333. The first kappa shape index (κ1) is 19.1. The highest BCUT2D eigenvalue weighted by molar-refractivity contribution is 7.92. The zero-order valence-electron chi connectivity index (χ0n) is 16.6. The van der Waals surface area contributed by atoms with Crippen LogP contribution in [0.4, 0.5) is 11.6 Å². The van der Waals surface area contributed by atoms with Crippen LogP contribution >= 0.6 is 0 Å². The molecule has 2 aliphatic heterocycles. The van der Waals surface area contributed by atoms with E-state index < -0.39 is 10.0 Å². The lowest BCUT2D eigenvalue weighted by molar-refractivity contribution is 0.116. The van der Waals surface area contributed by atoms with E-state index in [4.69, 9.17) is 14.5 Å². The van der Waals surface area contributed by atoms with Crippen molar-refractivity contribution in [3.8, 4) is 5.75 Å². The first-order valence-corrected chi connectivity index (χ1v) is 11.3. The van der Waals surface area contributed by atoms with Crippen molar-refractivity contribution in [1.29, 1.82) is 0 Å². The minimum Gasteiger partial charge on any atom is -0.497 e. The summed E-state index contributed by atoms with van der Waals surface area (Å²) in [6.07, 6.45) is 2.04. The minimum atomic E-state index is -3.82. The number of ether oxygens (including phenoxy) is 2. The average molecular weight is 426 g/mol. The molecule has 0 spiro atoms. The predicted molar refractivity (Wildman–Crippen MR) is 113 cm³/mol. The maximum absolute atomic E-state index is 13.5. The molecular formula is C21H22N4O4S. The van der Waals surface area contributed by atoms with Gasteiger partial charge in [-0.25, -0.2) is 22.7 Å². The van der Waals surface area contributed by atoms with Gasteiger partial charge >= 0.3 is 0 Å². The summed E-state index contributed by atoms with van der Waals surface area (Å²) in [4.78, 5) is 11.5. The van der Waals surface area contributed by atoms with Gasteiger partial charge in [-0.3, -0.25) is 0 Å². The van der Waals surface area contributed by atoms with Crippen LogP contribution in [0.15, 0.2) is 53.4 Å². The molecule has 156 valence electrons. The lowest BCUT2D eigenvalue weighted by Crippen LogP contribution is -2.39. The van der Waals surface area contributed by atoms with Crippen LogP contribution in [0.25, 0.3) is 11.0 Å². The van der Waals surface area contributed by atoms with Gasteiger partial charge in [-0.15, -0.1) is 0 Å². The average Bonchev–Trinajstić information content (AvgIpc) is 3.41. The third-order valence-corrected chi connectivity index (χ3v) is 7.20. The molecule has 0 amide bonds. The molecule has 3 heterocycles. The second-order valence-electron chi connectivity index (χ2n) is 7.39. The monoisotopic (exact) mass is 426 g/mol. The van der Waals surface area contributed by atoms with Crippen molar-refractivity contribution in [3.05, 3.63) is 48.5 Å². The summed E-state index contributed by atoms with van der Waals surface area (Å²) in [5.41, 5.74) is 1.39. The molecule has 9 heteroatoms. The molecule has 0 radical (unpaired) electrons. The molecule has 3 aromatic rings. The van der Waals surface area contributed by atoms with Gasteiger partial charge in [0.1, 0.15) is 12.4 Å². The van der Waals surface area contributed by atoms with Gasteiger partial charge in [0.15, 0.2) is 11.6 Å². The van der Waals surface area contributed by atoms with E-state index in [1.54, 1.807) is 31.4 Å². The standard InChI is InChI=1S/C21H22N4O4S/c1-28-15-8-10-17(11-9-15)30(26,27)25-14-24(13-16-5-4-12-29-16)20-21(25)23-19-7-3-2-6-18(19)22-20/h2-3,6-11,16H,4-5,12-14H2,1H3. The number of anilines is 2. The highest BCUT2D eigenvalue weighted by Gasteiger charge is 2.39. The van der Waals surface area contributed by atoms with Crippen molar-refractivity contribution in [2.75, 3.05) is 36.1 Å². The van der Waals surface area contributed by atoms with E-state index in [1.807, 2.05) is 29.2 Å². The normalized spacial score (nSPS) is 18.8. The summed E-state index contributed by atoms with van der Waals surface area (Å²) >= 11 is 0.